The molecule has 26 heavy (non-hydrogen) atoms. The molecule has 1 heterocycles. The maximum atomic E-state index is 13.1. The van der Waals surface area contributed by atoms with Gasteiger partial charge < -0.3 is 20.7 Å². The van der Waals surface area contributed by atoms with Crippen molar-refractivity contribution in [2.45, 2.75) is 19.9 Å². The van der Waals surface area contributed by atoms with Gasteiger partial charge in [0.15, 0.2) is 5.11 Å². The molecule has 0 fully saturated rings. The predicted molar refractivity (Wildman–Crippen MR) is 107 cm³/mol. The molecule has 2 aromatic carbocycles. The van der Waals surface area contributed by atoms with E-state index in [2.05, 4.69) is 16.0 Å². The number of methoxy groups -OCH3 is 1. The van der Waals surface area contributed by atoms with Gasteiger partial charge in [0.2, 0.25) is 0 Å². The van der Waals surface area contributed by atoms with Crippen molar-refractivity contribution in [3.8, 4) is 5.75 Å². The lowest BCUT2D eigenvalue weighted by Crippen LogP contribution is -2.45. The van der Waals surface area contributed by atoms with Crippen LogP contribution >= 0.6 is 12.2 Å². The van der Waals surface area contributed by atoms with Crippen molar-refractivity contribution in [2.24, 2.45) is 0 Å². The Kier molecular flexibility index (Phi) is 5.23. The second kappa shape index (κ2) is 7.58. The van der Waals surface area contributed by atoms with Crippen LogP contribution in [0.3, 0.4) is 0 Å². The number of allylic oxidation sites excluding steroid dienone is 1. The molecule has 6 heteroatoms. The number of nitrogens with one attached hydrogen (secondary N) is 3. The number of amides is 1. The topological polar surface area (TPSA) is 62.4 Å². The molecule has 3 rings (SSSR count). The molecule has 1 unspecified atom stereocenters. The van der Waals surface area contributed by atoms with E-state index in [1.54, 1.807) is 13.2 Å². The van der Waals surface area contributed by atoms with Crippen molar-refractivity contribution in [2.75, 3.05) is 12.4 Å². The Hall–Kier alpha value is -2.86. The fraction of sp³-hybridized carbons (Fsp3) is 0.200. The zero-order valence-electron chi connectivity index (χ0n) is 14.9. The lowest BCUT2D eigenvalue weighted by Gasteiger charge is -2.30. The van der Waals surface area contributed by atoms with E-state index >= 15 is 0 Å². The lowest BCUT2D eigenvalue weighted by molar-refractivity contribution is -0.113. The van der Waals surface area contributed by atoms with Gasteiger partial charge in [-0.1, -0.05) is 42.0 Å². The molecule has 1 amide bonds. The standard InChI is InChI=1S/C20H21N3O2S/c1-12-8-10-14(11-9-12)18-17(13(2)21-20(26)23-18)19(24)22-15-6-4-5-7-16(15)25-3/h4-11,18H,1-3H3,(H,22,24)(H2,21,23,26). The minimum absolute atomic E-state index is 0.208. The molecule has 0 spiro atoms. The van der Waals surface area contributed by atoms with Crippen LogP contribution in [0.4, 0.5) is 5.69 Å². The van der Waals surface area contributed by atoms with Crippen molar-refractivity contribution in [3.05, 3.63) is 70.9 Å². The highest BCUT2D eigenvalue weighted by Gasteiger charge is 2.30. The van der Waals surface area contributed by atoms with Crippen LogP contribution in [-0.2, 0) is 4.79 Å². The maximum absolute atomic E-state index is 13.1. The van der Waals surface area contributed by atoms with Crippen molar-refractivity contribution in [1.82, 2.24) is 10.6 Å². The SMILES string of the molecule is COc1ccccc1NC(=O)C1=C(C)NC(=S)NC1c1ccc(C)cc1. The van der Waals surface area contributed by atoms with Gasteiger partial charge in [0.1, 0.15) is 5.75 Å². The number of aryl methyl sites for hydroxylation is 1. The molecule has 1 aliphatic rings. The van der Waals surface area contributed by atoms with E-state index in [1.807, 2.05) is 56.3 Å². The summed E-state index contributed by atoms with van der Waals surface area (Å²) in [6.45, 7) is 3.88. The van der Waals surface area contributed by atoms with Crippen LogP contribution in [0.5, 0.6) is 5.75 Å². The van der Waals surface area contributed by atoms with Gasteiger partial charge in [0.25, 0.3) is 5.91 Å². The zero-order chi connectivity index (χ0) is 18.7. The van der Waals surface area contributed by atoms with Crippen molar-refractivity contribution in [3.63, 3.8) is 0 Å². The summed E-state index contributed by atoms with van der Waals surface area (Å²) in [6, 6.07) is 15.1. The zero-order valence-corrected chi connectivity index (χ0v) is 15.7. The number of hydrogen-bond donors (Lipinski definition) is 3. The minimum atomic E-state index is -0.320. The van der Waals surface area contributed by atoms with E-state index in [0.717, 1.165) is 16.8 Å². The number of rotatable bonds is 4. The number of carbonyl (C=O) groups excluding carboxylic acids is 1. The van der Waals surface area contributed by atoms with Gasteiger partial charge in [-0.3, -0.25) is 4.79 Å². The third kappa shape index (κ3) is 3.70. The minimum Gasteiger partial charge on any atom is -0.495 e. The average molecular weight is 367 g/mol. The Balaban J connectivity index is 1.95. The van der Waals surface area contributed by atoms with E-state index in [-0.39, 0.29) is 11.9 Å². The molecular weight excluding hydrogens is 346 g/mol. The summed E-state index contributed by atoms with van der Waals surface area (Å²) >= 11 is 5.29. The third-order valence-electron chi connectivity index (χ3n) is 4.28. The number of para-hydroxylation sites is 2. The first-order valence-corrected chi connectivity index (χ1v) is 8.69. The third-order valence-corrected chi connectivity index (χ3v) is 4.50. The number of ether oxygens (including phenoxy) is 1. The summed E-state index contributed by atoms with van der Waals surface area (Å²) < 4.78 is 5.32. The van der Waals surface area contributed by atoms with Gasteiger partial charge in [0.05, 0.1) is 24.4 Å². The maximum Gasteiger partial charge on any atom is 0.255 e. The van der Waals surface area contributed by atoms with Crippen molar-refractivity contribution >= 4 is 28.9 Å². The second-order valence-electron chi connectivity index (χ2n) is 6.14. The first-order chi connectivity index (χ1) is 12.5. The number of carbonyl (C=O) groups is 1. The first kappa shape index (κ1) is 17.9. The highest BCUT2D eigenvalue weighted by molar-refractivity contribution is 7.80. The van der Waals surface area contributed by atoms with Gasteiger partial charge in [-0.2, -0.15) is 0 Å². The highest BCUT2D eigenvalue weighted by Crippen LogP contribution is 2.30. The summed E-state index contributed by atoms with van der Waals surface area (Å²) in [5.41, 5.74) is 4.08. The Morgan fingerprint density at radius 1 is 1.12 bits per heavy atom. The molecule has 1 aliphatic heterocycles. The fourth-order valence-corrected chi connectivity index (χ4v) is 3.21. The number of thiocarbonyl (C=S) groups is 1. The summed E-state index contributed by atoms with van der Waals surface area (Å²) in [6.07, 6.45) is 0. The van der Waals surface area contributed by atoms with Gasteiger partial charge in [-0.25, -0.2) is 0 Å². The normalized spacial score (nSPS) is 16.6. The van der Waals surface area contributed by atoms with Crippen LogP contribution in [0.25, 0.3) is 0 Å². The molecule has 134 valence electrons. The average Bonchev–Trinajstić information content (AvgIpc) is 2.62. The molecule has 0 aliphatic carbocycles. The Morgan fingerprint density at radius 3 is 2.50 bits per heavy atom. The molecule has 1 atom stereocenters. The van der Waals surface area contributed by atoms with Crippen LogP contribution in [0, 0.1) is 6.92 Å². The van der Waals surface area contributed by atoms with E-state index in [9.17, 15) is 4.79 Å². The van der Waals surface area contributed by atoms with Crippen LogP contribution in [0.15, 0.2) is 59.8 Å². The van der Waals surface area contributed by atoms with E-state index in [1.165, 1.54) is 0 Å². The smallest absolute Gasteiger partial charge is 0.255 e. The van der Waals surface area contributed by atoms with Gasteiger partial charge >= 0.3 is 0 Å². The van der Waals surface area contributed by atoms with Crippen LogP contribution in [0.1, 0.15) is 24.1 Å². The van der Waals surface area contributed by atoms with Crippen molar-refractivity contribution in [1.29, 1.82) is 0 Å². The quantitative estimate of drug-likeness (QED) is 0.723. The first-order valence-electron chi connectivity index (χ1n) is 8.29. The lowest BCUT2D eigenvalue weighted by atomic mass is 9.94. The fourth-order valence-electron chi connectivity index (χ4n) is 2.94. The Morgan fingerprint density at radius 2 is 1.81 bits per heavy atom. The van der Waals surface area contributed by atoms with Crippen LogP contribution in [0.2, 0.25) is 0 Å². The number of benzene rings is 2. The largest absolute Gasteiger partial charge is 0.495 e. The summed E-state index contributed by atoms with van der Waals surface area (Å²) in [4.78, 5) is 13.1. The summed E-state index contributed by atoms with van der Waals surface area (Å²) in [7, 11) is 1.58. The summed E-state index contributed by atoms with van der Waals surface area (Å²) in [5.74, 6) is 0.401. The number of anilines is 1. The highest BCUT2D eigenvalue weighted by atomic mass is 32.1. The monoisotopic (exact) mass is 367 g/mol. The Bertz CT molecular complexity index is 875. The van der Waals surface area contributed by atoms with E-state index < -0.39 is 0 Å². The van der Waals surface area contributed by atoms with Gasteiger partial charge in [-0.15, -0.1) is 0 Å². The second-order valence-corrected chi connectivity index (χ2v) is 6.54. The molecule has 0 saturated carbocycles. The molecule has 0 radical (unpaired) electrons. The van der Waals surface area contributed by atoms with Crippen molar-refractivity contribution < 1.29 is 9.53 Å². The predicted octanol–water partition coefficient (Wildman–Crippen LogP) is 3.44. The molecule has 2 aromatic rings. The molecular formula is C20H21N3O2S. The van der Waals surface area contributed by atoms with Gasteiger partial charge in [0, 0.05) is 5.70 Å². The molecule has 0 bridgehead atoms. The van der Waals surface area contributed by atoms with Gasteiger partial charge in [-0.05, 0) is 43.8 Å². The number of hydrogen-bond acceptors (Lipinski definition) is 3. The molecule has 0 aromatic heterocycles. The van der Waals surface area contributed by atoms with E-state index in [4.69, 9.17) is 17.0 Å². The summed E-state index contributed by atoms with van der Waals surface area (Å²) in [5, 5.41) is 9.69. The van der Waals surface area contributed by atoms with Crippen LogP contribution < -0.4 is 20.7 Å². The van der Waals surface area contributed by atoms with E-state index in [0.29, 0.717) is 22.1 Å². The molecule has 5 nitrogen and oxygen atoms in total. The Labute approximate surface area is 158 Å². The molecule has 0 saturated heterocycles. The van der Waals surface area contributed by atoms with Crippen LogP contribution in [-0.4, -0.2) is 18.1 Å². The molecule has 3 N–H and O–H groups in total.